The summed E-state index contributed by atoms with van der Waals surface area (Å²) in [6.07, 6.45) is 8.34. The van der Waals surface area contributed by atoms with Gasteiger partial charge in [-0.15, -0.1) is 0 Å². The number of anilines is 1. The average Bonchev–Trinajstić information content (AvgIpc) is 2.66. The summed E-state index contributed by atoms with van der Waals surface area (Å²) in [7, 11) is 0. The van der Waals surface area contributed by atoms with Gasteiger partial charge in [0.1, 0.15) is 5.75 Å². The van der Waals surface area contributed by atoms with Crippen LogP contribution in [0.15, 0.2) is 18.2 Å². The molecule has 118 valence electrons. The maximum Gasteiger partial charge on any atom is 0.120 e. The molecule has 2 unspecified atom stereocenters. The third kappa shape index (κ3) is 4.94. The van der Waals surface area contributed by atoms with Crippen LogP contribution >= 0.6 is 0 Å². The third-order valence-electron chi connectivity index (χ3n) is 4.59. The molecular weight excluding hydrogens is 258 g/mol. The van der Waals surface area contributed by atoms with Crippen LogP contribution in [0.25, 0.3) is 0 Å². The first-order chi connectivity index (χ1) is 10.1. The van der Waals surface area contributed by atoms with Crippen molar-refractivity contribution in [2.45, 2.75) is 78.4 Å². The Balaban J connectivity index is 1.96. The van der Waals surface area contributed by atoms with E-state index in [2.05, 4.69) is 51.2 Å². The molecule has 0 aliphatic heterocycles. The lowest BCUT2D eigenvalue weighted by Crippen LogP contribution is -2.19. The van der Waals surface area contributed by atoms with Crippen molar-refractivity contribution in [2.24, 2.45) is 5.92 Å². The minimum absolute atomic E-state index is 0.232. The molecule has 1 aromatic carbocycles. The highest BCUT2D eigenvalue weighted by atomic mass is 16.5. The van der Waals surface area contributed by atoms with Crippen molar-refractivity contribution in [3.05, 3.63) is 23.8 Å². The first kappa shape index (κ1) is 16.2. The van der Waals surface area contributed by atoms with Crippen LogP contribution < -0.4 is 10.1 Å². The molecule has 0 amide bonds. The molecular formula is C19H31NO. The fourth-order valence-electron chi connectivity index (χ4n) is 3.29. The molecule has 1 N–H and O–H groups in total. The standard InChI is InChI=1S/C19H31NO/c1-5-16-7-6-8-17(10-9-16)20-19-12-11-18(13-15(19)4)21-14(2)3/h11-14,16-17,20H,5-10H2,1-4H3. The Morgan fingerprint density at radius 2 is 2.00 bits per heavy atom. The van der Waals surface area contributed by atoms with Crippen LogP contribution in [0.4, 0.5) is 5.69 Å². The molecule has 0 heterocycles. The summed E-state index contributed by atoms with van der Waals surface area (Å²) in [6.45, 7) is 8.63. The van der Waals surface area contributed by atoms with Gasteiger partial charge in [-0.1, -0.05) is 26.2 Å². The van der Waals surface area contributed by atoms with Gasteiger partial charge >= 0.3 is 0 Å². The van der Waals surface area contributed by atoms with Crippen LogP contribution in [0.1, 0.15) is 64.9 Å². The monoisotopic (exact) mass is 289 g/mol. The van der Waals surface area contributed by atoms with Crippen LogP contribution in [-0.2, 0) is 0 Å². The van der Waals surface area contributed by atoms with E-state index in [1.807, 2.05) is 0 Å². The van der Waals surface area contributed by atoms with Crippen molar-refractivity contribution < 1.29 is 4.74 Å². The summed E-state index contributed by atoms with van der Waals surface area (Å²) in [5.74, 6) is 1.92. The van der Waals surface area contributed by atoms with E-state index < -0.39 is 0 Å². The van der Waals surface area contributed by atoms with E-state index in [4.69, 9.17) is 4.74 Å². The largest absolute Gasteiger partial charge is 0.491 e. The third-order valence-corrected chi connectivity index (χ3v) is 4.59. The number of nitrogens with one attached hydrogen (secondary N) is 1. The van der Waals surface area contributed by atoms with Gasteiger partial charge in [-0.2, -0.15) is 0 Å². The molecule has 2 heteroatoms. The summed E-state index contributed by atoms with van der Waals surface area (Å²) < 4.78 is 5.76. The lowest BCUT2D eigenvalue weighted by atomic mass is 9.98. The molecule has 2 nitrogen and oxygen atoms in total. The van der Waals surface area contributed by atoms with Crippen molar-refractivity contribution in [2.75, 3.05) is 5.32 Å². The lowest BCUT2D eigenvalue weighted by molar-refractivity contribution is 0.242. The number of rotatable bonds is 5. The van der Waals surface area contributed by atoms with Gasteiger partial charge in [-0.3, -0.25) is 0 Å². The van der Waals surface area contributed by atoms with Gasteiger partial charge in [-0.05, 0) is 69.7 Å². The van der Waals surface area contributed by atoms with Crippen LogP contribution in [0, 0.1) is 12.8 Å². The predicted octanol–water partition coefficient (Wildman–Crippen LogP) is 5.55. The molecule has 1 aliphatic carbocycles. The maximum atomic E-state index is 5.76. The molecule has 21 heavy (non-hydrogen) atoms. The molecule has 0 saturated heterocycles. The van der Waals surface area contributed by atoms with E-state index in [0.717, 1.165) is 11.7 Å². The van der Waals surface area contributed by atoms with Gasteiger partial charge in [0.25, 0.3) is 0 Å². The summed E-state index contributed by atoms with van der Waals surface area (Å²) in [4.78, 5) is 0. The second kappa shape index (κ2) is 7.72. The van der Waals surface area contributed by atoms with Crippen molar-refractivity contribution in [1.82, 2.24) is 0 Å². The molecule has 0 radical (unpaired) electrons. The lowest BCUT2D eigenvalue weighted by Gasteiger charge is -2.20. The molecule has 1 aliphatic rings. The van der Waals surface area contributed by atoms with E-state index >= 15 is 0 Å². The second-order valence-electron chi connectivity index (χ2n) is 6.77. The fourth-order valence-corrected chi connectivity index (χ4v) is 3.29. The zero-order chi connectivity index (χ0) is 15.2. The molecule has 1 saturated carbocycles. The van der Waals surface area contributed by atoms with E-state index in [1.54, 1.807) is 0 Å². The highest BCUT2D eigenvalue weighted by molar-refractivity contribution is 5.54. The van der Waals surface area contributed by atoms with Crippen molar-refractivity contribution in [3.8, 4) is 5.75 Å². The van der Waals surface area contributed by atoms with Gasteiger partial charge in [0, 0.05) is 11.7 Å². The molecule has 2 rings (SSSR count). The fraction of sp³-hybridized carbons (Fsp3) is 0.684. The van der Waals surface area contributed by atoms with E-state index in [0.29, 0.717) is 6.04 Å². The SMILES string of the molecule is CCC1CCCC(Nc2ccc(OC(C)C)cc2C)CC1. The van der Waals surface area contributed by atoms with Gasteiger partial charge in [-0.25, -0.2) is 0 Å². The Hall–Kier alpha value is -1.18. The number of aryl methyl sites for hydroxylation is 1. The molecule has 2 atom stereocenters. The molecule has 1 aromatic rings. The van der Waals surface area contributed by atoms with Crippen LogP contribution in [0.3, 0.4) is 0 Å². The van der Waals surface area contributed by atoms with Crippen molar-refractivity contribution >= 4 is 5.69 Å². The average molecular weight is 289 g/mol. The highest BCUT2D eigenvalue weighted by Crippen LogP contribution is 2.29. The van der Waals surface area contributed by atoms with Gasteiger partial charge in [0.2, 0.25) is 0 Å². The Labute approximate surface area is 130 Å². The van der Waals surface area contributed by atoms with E-state index in [1.165, 1.54) is 49.8 Å². The van der Waals surface area contributed by atoms with Crippen molar-refractivity contribution in [3.63, 3.8) is 0 Å². The van der Waals surface area contributed by atoms with Gasteiger partial charge in [0.05, 0.1) is 6.10 Å². The summed E-state index contributed by atoms with van der Waals surface area (Å²) in [5.41, 5.74) is 2.55. The predicted molar refractivity (Wildman–Crippen MR) is 91.2 cm³/mol. The zero-order valence-electron chi connectivity index (χ0n) is 14.1. The normalized spacial score (nSPS) is 22.9. The Morgan fingerprint density at radius 1 is 1.19 bits per heavy atom. The summed E-state index contributed by atoms with van der Waals surface area (Å²) >= 11 is 0. The minimum Gasteiger partial charge on any atom is -0.491 e. The highest BCUT2D eigenvalue weighted by Gasteiger charge is 2.18. The van der Waals surface area contributed by atoms with Crippen LogP contribution in [-0.4, -0.2) is 12.1 Å². The number of hydrogen-bond acceptors (Lipinski definition) is 2. The van der Waals surface area contributed by atoms with Gasteiger partial charge in [0.15, 0.2) is 0 Å². The number of hydrogen-bond donors (Lipinski definition) is 1. The Bertz CT molecular complexity index is 441. The second-order valence-corrected chi connectivity index (χ2v) is 6.77. The Morgan fingerprint density at radius 3 is 2.67 bits per heavy atom. The molecule has 0 bridgehead atoms. The maximum absolute atomic E-state index is 5.76. The van der Waals surface area contributed by atoms with Crippen LogP contribution in [0.5, 0.6) is 5.75 Å². The van der Waals surface area contributed by atoms with Gasteiger partial charge < -0.3 is 10.1 Å². The number of ether oxygens (including phenoxy) is 1. The molecule has 0 spiro atoms. The Kier molecular flexibility index (Phi) is 5.96. The smallest absolute Gasteiger partial charge is 0.120 e. The quantitative estimate of drug-likeness (QED) is 0.717. The van der Waals surface area contributed by atoms with E-state index in [-0.39, 0.29) is 6.10 Å². The topological polar surface area (TPSA) is 21.3 Å². The molecule has 1 fully saturated rings. The summed E-state index contributed by atoms with van der Waals surface area (Å²) in [5, 5.41) is 3.76. The van der Waals surface area contributed by atoms with Crippen LogP contribution in [0.2, 0.25) is 0 Å². The molecule has 0 aromatic heterocycles. The zero-order valence-corrected chi connectivity index (χ0v) is 14.1. The van der Waals surface area contributed by atoms with E-state index in [9.17, 15) is 0 Å². The minimum atomic E-state index is 0.232. The van der Waals surface area contributed by atoms with Crippen molar-refractivity contribution in [1.29, 1.82) is 0 Å². The first-order valence-corrected chi connectivity index (χ1v) is 8.62. The first-order valence-electron chi connectivity index (χ1n) is 8.62. The summed E-state index contributed by atoms with van der Waals surface area (Å²) in [6, 6.07) is 7.04. The number of benzene rings is 1.